The van der Waals surface area contributed by atoms with Crippen molar-refractivity contribution in [3.63, 3.8) is 0 Å². The minimum atomic E-state index is -0.600. The molecule has 3 heteroatoms. The summed E-state index contributed by atoms with van der Waals surface area (Å²) in [5.41, 5.74) is 0. The van der Waals surface area contributed by atoms with Crippen LogP contribution in [0.25, 0.3) is 0 Å². The number of aliphatic carboxylic acids is 1. The van der Waals surface area contributed by atoms with Gasteiger partial charge >= 0.3 is 5.97 Å². The van der Waals surface area contributed by atoms with Crippen LogP contribution in [0.4, 0.5) is 0 Å². The number of nitrogens with one attached hydrogen (secondary N) is 1. The van der Waals surface area contributed by atoms with Crippen molar-refractivity contribution in [1.29, 1.82) is 0 Å². The first-order chi connectivity index (χ1) is 13.2. The molecule has 27 heavy (non-hydrogen) atoms. The Morgan fingerprint density at radius 2 is 1.04 bits per heavy atom. The molecule has 0 saturated heterocycles. The lowest BCUT2D eigenvalue weighted by molar-refractivity contribution is -0.142. The van der Waals surface area contributed by atoms with E-state index in [0.29, 0.717) is 0 Å². The maximum atomic E-state index is 11.3. The summed E-state index contributed by atoms with van der Waals surface area (Å²) in [6, 6.07) is 0. The summed E-state index contributed by atoms with van der Waals surface area (Å²) in [4.78, 5) is 11.3. The van der Waals surface area contributed by atoms with Crippen LogP contribution >= 0.6 is 0 Å². The van der Waals surface area contributed by atoms with Crippen LogP contribution in [0.2, 0.25) is 0 Å². The van der Waals surface area contributed by atoms with Crippen LogP contribution in [0.15, 0.2) is 0 Å². The van der Waals surface area contributed by atoms with Gasteiger partial charge in [-0.05, 0) is 38.8 Å². The van der Waals surface area contributed by atoms with Crippen molar-refractivity contribution in [1.82, 2.24) is 5.32 Å². The molecule has 1 atom stereocenters. The van der Waals surface area contributed by atoms with Gasteiger partial charge < -0.3 is 10.4 Å². The van der Waals surface area contributed by atoms with Crippen LogP contribution in [-0.2, 0) is 4.79 Å². The molecule has 0 bridgehead atoms. The van der Waals surface area contributed by atoms with Gasteiger partial charge in [0.15, 0.2) is 0 Å². The molecule has 0 aromatic rings. The number of rotatable bonds is 22. The molecule has 0 aliphatic heterocycles. The number of carboxylic acid groups (broad SMARTS) is 1. The average molecular weight is 384 g/mol. The third kappa shape index (κ3) is 20.0. The third-order valence-electron chi connectivity index (χ3n) is 5.62. The van der Waals surface area contributed by atoms with E-state index in [1.54, 1.807) is 0 Å². The highest BCUT2D eigenvalue weighted by molar-refractivity contribution is 5.69. The van der Waals surface area contributed by atoms with Gasteiger partial charge in [0.05, 0.1) is 5.92 Å². The molecule has 0 aliphatic rings. The predicted octanol–water partition coefficient (Wildman–Crippen LogP) is 7.34. The highest BCUT2D eigenvalue weighted by Gasteiger charge is 2.15. The topological polar surface area (TPSA) is 49.3 Å². The minimum absolute atomic E-state index is 0.134. The molecular weight excluding hydrogens is 334 g/mol. The van der Waals surface area contributed by atoms with Gasteiger partial charge in [-0.1, -0.05) is 104 Å². The lowest BCUT2D eigenvalue weighted by Crippen LogP contribution is -2.20. The van der Waals surface area contributed by atoms with Crippen molar-refractivity contribution < 1.29 is 9.90 Å². The van der Waals surface area contributed by atoms with E-state index >= 15 is 0 Å². The van der Waals surface area contributed by atoms with Crippen LogP contribution in [0, 0.1) is 5.92 Å². The summed E-state index contributed by atoms with van der Waals surface area (Å²) in [6.07, 6.45) is 22.6. The maximum Gasteiger partial charge on any atom is 0.306 e. The SMILES string of the molecule is CCCCCCCCCCCCCNCCCC(CCCCCC)C(=O)O. The monoisotopic (exact) mass is 383 g/mol. The van der Waals surface area contributed by atoms with Gasteiger partial charge in [-0.3, -0.25) is 4.79 Å². The number of hydrogen-bond donors (Lipinski definition) is 2. The van der Waals surface area contributed by atoms with Crippen molar-refractivity contribution >= 4 is 5.97 Å². The van der Waals surface area contributed by atoms with Crippen molar-refractivity contribution in [3.05, 3.63) is 0 Å². The van der Waals surface area contributed by atoms with Gasteiger partial charge in [-0.2, -0.15) is 0 Å². The zero-order valence-electron chi connectivity index (χ0n) is 18.6. The highest BCUT2D eigenvalue weighted by Crippen LogP contribution is 2.16. The van der Waals surface area contributed by atoms with Gasteiger partial charge in [-0.15, -0.1) is 0 Å². The lowest BCUT2D eigenvalue weighted by atomic mass is 9.96. The van der Waals surface area contributed by atoms with Gasteiger partial charge in [-0.25, -0.2) is 0 Å². The molecule has 0 amide bonds. The van der Waals surface area contributed by atoms with E-state index in [9.17, 15) is 9.90 Å². The molecule has 0 fully saturated rings. The number of carbonyl (C=O) groups is 1. The highest BCUT2D eigenvalue weighted by atomic mass is 16.4. The fourth-order valence-corrected chi connectivity index (χ4v) is 3.72. The van der Waals surface area contributed by atoms with Crippen molar-refractivity contribution in [2.75, 3.05) is 13.1 Å². The molecule has 3 nitrogen and oxygen atoms in total. The fraction of sp³-hybridized carbons (Fsp3) is 0.958. The van der Waals surface area contributed by atoms with Gasteiger partial charge in [0.1, 0.15) is 0 Å². The zero-order chi connectivity index (χ0) is 20.0. The van der Waals surface area contributed by atoms with E-state index in [1.807, 2.05) is 0 Å². The van der Waals surface area contributed by atoms with Crippen LogP contribution in [0.1, 0.15) is 129 Å². The zero-order valence-corrected chi connectivity index (χ0v) is 18.6. The summed E-state index contributed by atoms with van der Waals surface area (Å²) in [7, 11) is 0. The van der Waals surface area contributed by atoms with Crippen LogP contribution in [0.3, 0.4) is 0 Å². The number of unbranched alkanes of at least 4 members (excludes halogenated alkanes) is 13. The molecule has 1 unspecified atom stereocenters. The molecule has 2 N–H and O–H groups in total. The first-order valence-corrected chi connectivity index (χ1v) is 12.2. The van der Waals surface area contributed by atoms with Crippen LogP contribution in [0.5, 0.6) is 0 Å². The first-order valence-electron chi connectivity index (χ1n) is 12.2. The fourth-order valence-electron chi connectivity index (χ4n) is 3.72. The van der Waals surface area contributed by atoms with Crippen molar-refractivity contribution in [2.45, 2.75) is 129 Å². The molecule has 162 valence electrons. The Morgan fingerprint density at radius 3 is 1.56 bits per heavy atom. The van der Waals surface area contributed by atoms with Gasteiger partial charge in [0.2, 0.25) is 0 Å². The minimum Gasteiger partial charge on any atom is -0.481 e. The normalized spacial score (nSPS) is 12.4. The Balaban J connectivity index is 3.31. The summed E-state index contributed by atoms with van der Waals surface area (Å²) in [6.45, 7) is 6.52. The Bertz CT molecular complexity index is 307. The Morgan fingerprint density at radius 1 is 0.630 bits per heavy atom. The third-order valence-corrected chi connectivity index (χ3v) is 5.62. The second-order valence-electron chi connectivity index (χ2n) is 8.31. The van der Waals surface area contributed by atoms with E-state index in [-0.39, 0.29) is 5.92 Å². The summed E-state index contributed by atoms with van der Waals surface area (Å²) in [5.74, 6) is -0.734. The molecule has 0 aromatic heterocycles. The van der Waals surface area contributed by atoms with Crippen molar-refractivity contribution in [3.8, 4) is 0 Å². The van der Waals surface area contributed by atoms with E-state index in [1.165, 1.54) is 89.9 Å². The Kier molecular flexibility index (Phi) is 21.3. The summed E-state index contributed by atoms with van der Waals surface area (Å²) >= 11 is 0. The Labute approximate surface area is 170 Å². The van der Waals surface area contributed by atoms with E-state index in [0.717, 1.165) is 38.8 Å². The van der Waals surface area contributed by atoms with Crippen LogP contribution < -0.4 is 5.32 Å². The van der Waals surface area contributed by atoms with Crippen LogP contribution in [-0.4, -0.2) is 24.2 Å². The molecule has 0 spiro atoms. The lowest BCUT2D eigenvalue weighted by Gasteiger charge is -2.12. The van der Waals surface area contributed by atoms with Crippen molar-refractivity contribution in [2.24, 2.45) is 5.92 Å². The maximum absolute atomic E-state index is 11.3. The summed E-state index contributed by atoms with van der Waals surface area (Å²) in [5, 5.41) is 12.8. The number of carboxylic acids is 1. The molecular formula is C24H49NO2. The molecule has 0 rings (SSSR count). The number of hydrogen-bond acceptors (Lipinski definition) is 2. The standard InChI is InChI=1S/C24H49NO2/c1-3-5-7-9-10-11-12-13-14-15-17-21-25-22-18-20-23(24(26)27)19-16-8-6-4-2/h23,25H,3-22H2,1-2H3,(H,26,27). The first kappa shape index (κ1) is 26.4. The summed E-state index contributed by atoms with van der Waals surface area (Å²) < 4.78 is 0. The average Bonchev–Trinajstić information content (AvgIpc) is 2.66. The molecule has 0 radical (unpaired) electrons. The van der Waals surface area contributed by atoms with E-state index < -0.39 is 5.97 Å². The molecule has 0 aromatic carbocycles. The second kappa shape index (κ2) is 21.7. The largest absolute Gasteiger partial charge is 0.481 e. The predicted molar refractivity (Wildman–Crippen MR) is 118 cm³/mol. The molecule has 0 heterocycles. The smallest absolute Gasteiger partial charge is 0.306 e. The second-order valence-corrected chi connectivity index (χ2v) is 8.31. The molecule has 0 saturated carbocycles. The quantitative estimate of drug-likeness (QED) is 0.192. The molecule has 0 aliphatic carbocycles. The van der Waals surface area contributed by atoms with E-state index in [2.05, 4.69) is 19.2 Å². The van der Waals surface area contributed by atoms with Gasteiger partial charge in [0, 0.05) is 0 Å². The van der Waals surface area contributed by atoms with E-state index in [4.69, 9.17) is 0 Å². The Hall–Kier alpha value is -0.570. The van der Waals surface area contributed by atoms with Gasteiger partial charge in [0.25, 0.3) is 0 Å².